The van der Waals surface area contributed by atoms with Crippen molar-refractivity contribution in [3.8, 4) is 11.5 Å². The Morgan fingerprint density at radius 2 is 1.65 bits per heavy atom. The SMILES string of the molecule is COc1ccc(CN2CCN(C(=O)c3cc(=O)n(C)c4ccccc34)CC2)cc1OC. The highest BCUT2D eigenvalue weighted by molar-refractivity contribution is 6.06. The van der Waals surface area contributed by atoms with Crippen LogP contribution >= 0.6 is 0 Å². The largest absolute Gasteiger partial charge is 0.493 e. The minimum absolute atomic E-state index is 0.0836. The summed E-state index contributed by atoms with van der Waals surface area (Å²) in [5.74, 6) is 1.34. The summed E-state index contributed by atoms with van der Waals surface area (Å²) in [5, 5.41) is 0.808. The Labute approximate surface area is 181 Å². The van der Waals surface area contributed by atoms with E-state index in [-0.39, 0.29) is 11.5 Å². The summed E-state index contributed by atoms with van der Waals surface area (Å²) in [5.41, 5.74) is 2.21. The first-order valence-corrected chi connectivity index (χ1v) is 10.3. The fourth-order valence-corrected chi connectivity index (χ4v) is 4.10. The second kappa shape index (κ2) is 8.81. The number of para-hydroxylation sites is 1. The molecule has 0 unspecified atom stereocenters. The zero-order valence-electron chi connectivity index (χ0n) is 18.1. The number of nitrogens with zero attached hydrogens (tertiary/aromatic N) is 3. The van der Waals surface area contributed by atoms with Crippen LogP contribution in [0.1, 0.15) is 15.9 Å². The van der Waals surface area contributed by atoms with Crippen molar-refractivity contribution in [2.24, 2.45) is 7.05 Å². The minimum Gasteiger partial charge on any atom is -0.493 e. The van der Waals surface area contributed by atoms with Crippen LogP contribution in [-0.2, 0) is 13.6 Å². The molecule has 1 aliphatic heterocycles. The molecule has 0 spiro atoms. The van der Waals surface area contributed by atoms with Crippen molar-refractivity contribution in [3.63, 3.8) is 0 Å². The van der Waals surface area contributed by atoms with E-state index in [9.17, 15) is 9.59 Å². The van der Waals surface area contributed by atoms with Crippen LogP contribution in [0.4, 0.5) is 0 Å². The molecule has 1 aliphatic rings. The van der Waals surface area contributed by atoms with Crippen molar-refractivity contribution < 1.29 is 14.3 Å². The van der Waals surface area contributed by atoms with Gasteiger partial charge in [-0.05, 0) is 23.8 Å². The standard InChI is InChI=1S/C24H27N3O4/c1-25-20-7-5-4-6-18(20)19(15-23(25)28)24(29)27-12-10-26(11-13-27)16-17-8-9-21(30-2)22(14-17)31-3/h4-9,14-15H,10-13,16H2,1-3H3. The van der Waals surface area contributed by atoms with E-state index in [2.05, 4.69) is 4.90 Å². The predicted molar refractivity (Wildman–Crippen MR) is 120 cm³/mol. The third-order valence-electron chi connectivity index (χ3n) is 5.90. The summed E-state index contributed by atoms with van der Waals surface area (Å²) >= 11 is 0. The molecule has 4 rings (SSSR count). The van der Waals surface area contributed by atoms with Crippen molar-refractivity contribution in [2.75, 3.05) is 40.4 Å². The number of aromatic nitrogens is 1. The maximum Gasteiger partial charge on any atom is 0.254 e. The Balaban J connectivity index is 1.46. The Kier molecular flexibility index (Phi) is 5.95. The Morgan fingerprint density at radius 1 is 0.935 bits per heavy atom. The molecular weight excluding hydrogens is 394 g/mol. The van der Waals surface area contributed by atoms with Crippen LogP contribution in [0.25, 0.3) is 10.9 Å². The number of piperazine rings is 1. The quantitative estimate of drug-likeness (QED) is 0.634. The zero-order chi connectivity index (χ0) is 22.0. The van der Waals surface area contributed by atoms with Crippen LogP contribution in [0.15, 0.2) is 53.3 Å². The average molecular weight is 421 g/mol. The molecule has 2 heterocycles. The van der Waals surface area contributed by atoms with Crippen molar-refractivity contribution in [3.05, 3.63) is 70.0 Å². The van der Waals surface area contributed by atoms with E-state index in [1.54, 1.807) is 25.8 Å². The molecule has 1 amide bonds. The van der Waals surface area contributed by atoms with Gasteiger partial charge in [-0.3, -0.25) is 14.5 Å². The summed E-state index contributed by atoms with van der Waals surface area (Å²) in [7, 11) is 4.98. The molecule has 7 heteroatoms. The lowest BCUT2D eigenvalue weighted by atomic mass is 10.1. The number of pyridine rings is 1. The van der Waals surface area contributed by atoms with E-state index in [0.717, 1.165) is 36.1 Å². The van der Waals surface area contributed by atoms with Crippen LogP contribution in [0, 0.1) is 0 Å². The van der Waals surface area contributed by atoms with Crippen LogP contribution in [0.2, 0.25) is 0 Å². The Bertz CT molecular complexity index is 1160. The summed E-state index contributed by atoms with van der Waals surface area (Å²) in [6, 6.07) is 14.9. The van der Waals surface area contributed by atoms with Gasteiger partial charge in [-0.1, -0.05) is 24.3 Å². The smallest absolute Gasteiger partial charge is 0.254 e. The van der Waals surface area contributed by atoms with E-state index >= 15 is 0 Å². The van der Waals surface area contributed by atoms with Gasteiger partial charge >= 0.3 is 0 Å². The normalized spacial score (nSPS) is 14.6. The molecule has 0 N–H and O–H groups in total. The molecule has 0 aliphatic carbocycles. The predicted octanol–water partition coefficient (Wildman–Crippen LogP) is 2.51. The molecule has 3 aromatic rings. The van der Waals surface area contributed by atoms with Crippen molar-refractivity contribution in [1.82, 2.24) is 14.4 Å². The number of methoxy groups -OCH3 is 2. The molecule has 1 saturated heterocycles. The Morgan fingerprint density at radius 3 is 2.35 bits per heavy atom. The number of carbonyl (C=O) groups excluding carboxylic acids is 1. The lowest BCUT2D eigenvalue weighted by molar-refractivity contribution is 0.0630. The van der Waals surface area contributed by atoms with Gasteiger partial charge in [0.05, 0.1) is 25.3 Å². The third kappa shape index (κ3) is 4.14. The van der Waals surface area contributed by atoms with Gasteiger partial charge in [-0.2, -0.15) is 0 Å². The van der Waals surface area contributed by atoms with Crippen LogP contribution < -0.4 is 15.0 Å². The summed E-state index contributed by atoms with van der Waals surface area (Å²) in [6.07, 6.45) is 0. The van der Waals surface area contributed by atoms with Crippen LogP contribution in [-0.4, -0.2) is 60.7 Å². The molecule has 0 saturated carbocycles. The zero-order valence-corrected chi connectivity index (χ0v) is 18.1. The van der Waals surface area contributed by atoms with Gasteiger partial charge in [0.15, 0.2) is 11.5 Å². The average Bonchev–Trinajstić information content (AvgIpc) is 2.81. The first-order valence-electron chi connectivity index (χ1n) is 10.3. The molecule has 0 bridgehead atoms. The number of benzene rings is 2. The van der Waals surface area contributed by atoms with E-state index in [0.29, 0.717) is 30.2 Å². The van der Waals surface area contributed by atoms with Gasteiger partial charge in [0.1, 0.15) is 0 Å². The minimum atomic E-state index is -0.172. The maximum absolute atomic E-state index is 13.2. The second-order valence-corrected chi connectivity index (χ2v) is 7.73. The number of carbonyl (C=O) groups is 1. The number of fused-ring (bicyclic) bond motifs is 1. The van der Waals surface area contributed by atoms with Gasteiger partial charge in [-0.15, -0.1) is 0 Å². The highest BCUT2D eigenvalue weighted by Crippen LogP contribution is 2.28. The second-order valence-electron chi connectivity index (χ2n) is 7.73. The summed E-state index contributed by atoms with van der Waals surface area (Å²) in [6.45, 7) is 3.55. The number of hydrogen-bond acceptors (Lipinski definition) is 5. The van der Waals surface area contributed by atoms with Gasteiger partial charge in [-0.25, -0.2) is 0 Å². The van der Waals surface area contributed by atoms with E-state index in [4.69, 9.17) is 9.47 Å². The lowest BCUT2D eigenvalue weighted by Gasteiger charge is -2.35. The van der Waals surface area contributed by atoms with Crippen LogP contribution in [0.3, 0.4) is 0 Å². The van der Waals surface area contributed by atoms with Gasteiger partial charge < -0.3 is 18.9 Å². The summed E-state index contributed by atoms with van der Waals surface area (Å²) in [4.78, 5) is 29.7. The summed E-state index contributed by atoms with van der Waals surface area (Å²) < 4.78 is 12.3. The lowest BCUT2D eigenvalue weighted by Crippen LogP contribution is -2.48. The van der Waals surface area contributed by atoms with Crippen molar-refractivity contribution in [1.29, 1.82) is 0 Å². The van der Waals surface area contributed by atoms with Crippen LogP contribution in [0.5, 0.6) is 11.5 Å². The number of hydrogen-bond donors (Lipinski definition) is 0. The Hall–Kier alpha value is -3.32. The fourth-order valence-electron chi connectivity index (χ4n) is 4.10. The highest BCUT2D eigenvalue weighted by Gasteiger charge is 2.24. The van der Waals surface area contributed by atoms with E-state index in [1.807, 2.05) is 47.4 Å². The molecular formula is C24H27N3O4. The molecule has 162 valence electrons. The third-order valence-corrected chi connectivity index (χ3v) is 5.90. The number of amides is 1. The molecule has 7 nitrogen and oxygen atoms in total. The number of rotatable bonds is 5. The van der Waals surface area contributed by atoms with Gasteiger partial charge in [0.25, 0.3) is 11.5 Å². The van der Waals surface area contributed by atoms with Gasteiger partial charge in [0, 0.05) is 51.2 Å². The monoisotopic (exact) mass is 421 g/mol. The molecule has 0 atom stereocenters. The van der Waals surface area contributed by atoms with E-state index in [1.165, 1.54) is 6.07 Å². The topological polar surface area (TPSA) is 64.0 Å². The fraction of sp³-hybridized carbons (Fsp3) is 0.333. The van der Waals surface area contributed by atoms with Crippen molar-refractivity contribution in [2.45, 2.75) is 6.54 Å². The molecule has 1 fully saturated rings. The highest BCUT2D eigenvalue weighted by atomic mass is 16.5. The van der Waals surface area contributed by atoms with E-state index < -0.39 is 0 Å². The first kappa shape index (κ1) is 20.9. The molecule has 2 aromatic carbocycles. The molecule has 1 aromatic heterocycles. The number of aryl methyl sites for hydroxylation is 1. The number of ether oxygens (including phenoxy) is 2. The van der Waals surface area contributed by atoms with Gasteiger partial charge in [0.2, 0.25) is 0 Å². The maximum atomic E-state index is 13.2. The first-order chi connectivity index (χ1) is 15.0. The molecule has 31 heavy (non-hydrogen) atoms. The van der Waals surface area contributed by atoms with Crippen molar-refractivity contribution >= 4 is 16.8 Å². The molecule has 0 radical (unpaired) electrons.